The first-order valence-corrected chi connectivity index (χ1v) is 7.55. The van der Waals surface area contributed by atoms with E-state index in [9.17, 15) is 5.11 Å². The van der Waals surface area contributed by atoms with Gasteiger partial charge in [-0.15, -0.1) is 11.3 Å². The summed E-state index contributed by atoms with van der Waals surface area (Å²) in [6.45, 7) is 4.09. The zero-order chi connectivity index (χ0) is 14.1. The van der Waals surface area contributed by atoms with Crippen LogP contribution >= 0.6 is 11.3 Å². The number of aromatic nitrogens is 1. The van der Waals surface area contributed by atoms with Crippen LogP contribution in [0.3, 0.4) is 0 Å². The van der Waals surface area contributed by atoms with Crippen LogP contribution in [-0.4, -0.2) is 10.1 Å². The number of aliphatic hydroxyl groups excluding tert-OH is 1. The summed E-state index contributed by atoms with van der Waals surface area (Å²) in [6, 6.07) is 14.3. The molecule has 0 aliphatic carbocycles. The van der Waals surface area contributed by atoms with E-state index < -0.39 is 6.10 Å². The highest BCUT2D eigenvalue weighted by Crippen LogP contribution is 2.27. The van der Waals surface area contributed by atoms with Gasteiger partial charge >= 0.3 is 0 Å². The Balaban J connectivity index is 1.88. The first kappa shape index (κ1) is 13.3. The van der Waals surface area contributed by atoms with E-state index in [1.165, 1.54) is 10.3 Å². The van der Waals surface area contributed by atoms with E-state index in [4.69, 9.17) is 0 Å². The van der Waals surface area contributed by atoms with Gasteiger partial charge in [-0.3, -0.25) is 0 Å². The van der Waals surface area contributed by atoms with E-state index in [-0.39, 0.29) is 0 Å². The fourth-order valence-corrected chi connectivity index (χ4v) is 3.41. The highest BCUT2D eigenvalue weighted by atomic mass is 32.1. The zero-order valence-electron chi connectivity index (χ0n) is 11.6. The smallest absolute Gasteiger partial charge is 0.0967 e. The lowest BCUT2D eigenvalue weighted by molar-refractivity contribution is 0.177. The van der Waals surface area contributed by atoms with Crippen LogP contribution in [0.1, 0.15) is 27.8 Å². The molecule has 1 heterocycles. The minimum Gasteiger partial charge on any atom is -0.388 e. The topological polar surface area (TPSA) is 33.1 Å². The number of hydrogen-bond acceptors (Lipinski definition) is 3. The normalized spacial score (nSPS) is 12.8. The van der Waals surface area contributed by atoms with Gasteiger partial charge in [-0.05, 0) is 37.1 Å². The molecule has 0 bridgehead atoms. The van der Waals surface area contributed by atoms with E-state index in [0.717, 1.165) is 21.7 Å². The summed E-state index contributed by atoms with van der Waals surface area (Å²) in [6.07, 6.45) is 0.0827. The molecule has 2 aromatic carbocycles. The fourth-order valence-electron chi connectivity index (χ4n) is 2.40. The molecule has 0 fully saturated rings. The molecule has 2 nitrogen and oxygen atoms in total. The van der Waals surface area contributed by atoms with E-state index in [2.05, 4.69) is 29.2 Å². The van der Waals surface area contributed by atoms with Crippen molar-refractivity contribution < 1.29 is 5.11 Å². The first-order valence-electron chi connectivity index (χ1n) is 6.73. The van der Waals surface area contributed by atoms with Crippen molar-refractivity contribution in [3.63, 3.8) is 0 Å². The van der Waals surface area contributed by atoms with Gasteiger partial charge in [0.15, 0.2) is 0 Å². The summed E-state index contributed by atoms with van der Waals surface area (Å²) >= 11 is 1.66. The maximum absolute atomic E-state index is 10.5. The highest BCUT2D eigenvalue weighted by molar-refractivity contribution is 7.18. The maximum atomic E-state index is 10.5. The van der Waals surface area contributed by atoms with Crippen LogP contribution in [0.15, 0.2) is 42.5 Å². The molecule has 0 radical (unpaired) electrons. The Morgan fingerprint density at radius 2 is 1.95 bits per heavy atom. The number of rotatable bonds is 3. The van der Waals surface area contributed by atoms with Crippen molar-refractivity contribution >= 4 is 21.6 Å². The molecule has 3 heteroatoms. The zero-order valence-corrected chi connectivity index (χ0v) is 12.4. The summed E-state index contributed by atoms with van der Waals surface area (Å²) in [4.78, 5) is 4.59. The maximum Gasteiger partial charge on any atom is 0.0967 e. The Hall–Kier alpha value is -1.71. The average molecular weight is 283 g/mol. The van der Waals surface area contributed by atoms with Gasteiger partial charge in [-0.2, -0.15) is 0 Å². The largest absolute Gasteiger partial charge is 0.388 e. The number of aliphatic hydroxyl groups is 1. The molecule has 1 atom stereocenters. The Morgan fingerprint density at radius 1 is 1.15 bits per heavy atom. The Kier molecular flexibility index (Phi) is 3.55. The molecule has 0 saturated heterocycles. The molecule has 0 spiro atoms. The van der Waals surface area contributed by atoms with Gasteiger partial charge in [0.1, 0.15) is 0 Å². The molecular formula is C17H17NOS. The molecule has 20 heavy (non-hydrogen) atoms. The van der Waals surface area contributed by atoms with Gasteiger partial charge in [-0.25, -0.2) is 4.98 Å². The molecule has 1 unspecified atom stereocenters. The number of para-hydroxylation sites is 1. The average Bonchev–Trinajstić information content (AvgIpc) is 2.83. The van der Waals surface area contributed by atoms with E-state index >= 15 is 0 Å². The predicted molar refractivity (Wildman–Crippen MR) is 84.2 cm³/mol. The number of thiazole rings is 1. The summed E-state index contributed by atoms with van der Waals surface area (Å²) in [5, 5.41) is 11.5. The SMILES string of the molecule is Cc1ccc(C)c(C(O)Cc2nc3ccccc3s2)c1. The Labute approximate surface area is 122 Å². The predicted octanol–water partition coefficient (Wildman–Crippen LogP) is 4.19. The van der Waals surface area contributed by atoms with Crippen LogP contribution in [0.25, 0.3) is 10.2 Å². The molecule has 102 valence electrons. The summed E-state index contributed by atoms with van der Waals surface area (Å²) in [7, 11) is 0. The van der Waals surface area contributed by atoms with Crippen molar-refractivity contribution in [2.45, 2.75) is 26.4 Å². The molecule has 1 aromatic heterocycles. The van der Waals surface area contributed by atoms with Crippen molar-refractivity contribution in [2.24, 2.45) is 0 Å². The van der Waals surface area contributed by atoms with Gasteiger partial charge in [0.05, 0.1) is 21.3 Å². The van der Waals surface area contributed by atoms with Gasteiger partial charge in [0, 0.05) is 6.42 Å². The lowest BCUT2D eigenvalue weighted by Gasteiger charge is -2.13. The van der Waals surface area contributed by atoms with Gasteiger partial charge < -0.3 is 5.11 Å². The van der Waals surface area contributed by atoms with Gasteiger partial charge in [-0.1, -0.05) is 35.9 Å². The standard InChI is InChI=1S/C17H17NOS/c1-11-7-8-12(2)13(9-11)15(19)10-17-18-14-5-3-4-6-16(14)20-17/h3-9,15,19H,10H2,1-2H3. The summed E-state index contributed by atoms with van der Waals surface area (Å²) in [5.74, 6) is 0. The highest BCUT2D eigenvalue weighted by Gasteiger charge is 2.14. The molecule has 0 aliphatic rings. The van der Waals surface area contributed by atoms with E-state index in [1.807, 2.05) is 32.0 Å². The fraction of sp³-hybridized carbons (Fsp3) is 0.235. The number of fused-ring (bicyclic) bond motifs is 1. The minimum atomic E-state index is -0.490. The molecule has 1 N–H and O–H groups in total. The van der Waals surface area contributed by atoms with Crippen molar-refractivity contribution in [1.29, 1.82) is 0 Å². The molecule has 0 saturated carbocycles. The molecule has 0 aliphatic heterocycles. The van der Waals surface area contributed by atoms with Crippen LogP contribution < -0.4 is 0 Å². The van der Waals surface area contributed by atoms with Crippen molar-refractivity contribution in [3.05, 3.63) is 64.2 Å². The van der Waals surface area contributed by atoms with Gasteiger partial charge in [0.25, 0.3) is 0 Å². The van der Waals surface area contributed by atoms with Crippen molar-refractivity contribution in [2.75, 3.05) is 0 Å². The van der Waals surface area contributed by atoms with Gasteiger partial charge in [0.2, 0.25) is 0 Å². The second-order valence-electron chi connectivity index (χ2n) is 5.16. The monoisotopic (exact) mass is 283 g/mol. The Morgan fingerprint density at radius 3 is 2.75 bits per heavy atom. The minimum absolute atomic E-state index is 0.490. The Bertz CT molecular complexity index is 715. The first-order chi connectivity index (χ1) is 9.63. The van der Waals surface area contributed by atoms with E-state index in [1.54, 1.807) is 11.3 Å². The third-order valence-electron chi connectivity index (χ3n) is 3.50. The van der Waals surface area contributed by atoms with Crippen LogP contribution in [0.2, 0.25) is 0 Å². The number of aryl methyl sites for hydroxylation is 2. The molecule has 3 rings (SSSR count). The third kappa shape index (κ3) is 2.60. The van der Waals surface area contributed by atoms with Crippen LogP contribution in [0, 0.1) is 13.8 Å². The third-order valence-corrected chi connectivity index (χ3v) is 4.56. The van der Waals surface area contributed by atoms with Crippen molar-refractivity contribution in [1.82, 2.24) is 4.98 Å². The number of nitrogens with zero attached hydrogens (tertiary/aromatic N) is 1. The van der Waals surface area contributed by atoms with Crippen molar-refractivity contribution in [3.8, 4) is 0 Å². The number of hydrogen-bond donors (Lipinski definition) is 1. The van der Waals surface area contributed by atoms with Crippen LogP contribution in [0.4, 0.5) is 0 Å². The second-order valence-corrected chi connectivity index (χ2v) is 6.27. The van der Waals surface area contributed by atoms with Crippen LogP contribution in [-0.2, 0) is 6.42 Å². The van der Waals surface area contributed by atoms with E-state index in [0.29, 0.717) is 6.42 Å². The lowest BCUT2D eigenvalue weighted by Crippen LogP contribution is -2.04. The summed E-state index contributed by atoms with van der Waals surface area (Å²) < 4.78 is 1.18. The van der Waals surface area contributed by atoms with Crippen LogP contribution in [0.5, 0.6) is 0 Å². The summed E-state index contributed by atoms with van der Waals surface area (Å²) in [5.41, 5.74) is 4.32. The lowest BCUT2D eigenvalue weighted by atomic mass is 9.99. The molecule has 3 aromatic rings. The number of benzene rings is 2. The molecular weight excluding hydrogens is 266 g/mol. The second kappa shape index (κ2) is 5.35. The molecule has 0 amide bonds. The quantitative estimate of drug-likeness (QED) is 0.782.